The average molecular weight is 688 g/mol. The van der Waals surface area contributed by atoms with Gasteiger partial charge < -0.3 is 33.7 Å². The maximum absolute atomic E-state index is 11.9. The van der Waals surface area contributed by atoms with Crippen LogP contribution in [0, 0.1) is 0 Å². The Labute approximate surface area is 280 Å². The molecule has 0 spiro atoms. The van der Waals surface area contributed by atoms with Gasteiger partial charge in [-0.3, -0.25) is 14.6 Å². The maximum atomic E-state index is 11.9. The van der Waals surface area contributed by atoms with E-state index in [9.17, 15) is 19.6 Å². The van der Waals surface area contributed by atoms with Crippen LogP contribution in [-0.4, -0.2) is 40.9 Å². The number of carbonyl (C=O) groups excluding carboxylic acids is 2. The standard InChI is InChI=1S/C12H11NO6S.C5H4O6S.C5H4O5S.Na/c1-16-9-4-2-3-8(7-9)13-12(14)10-5-6-11(17-10)20-19-18-15;6-5(7)3-1-2-4(9-3)12-11-10-8;6-3-4-1-2-5(8-4)11-10-9-7;/h2-7,15H,1H3,(H,13,14);1-2,8H,(H,6,7);1-3,7H;/q;;;+1/p-1. The Morgan fingerprint density at radius 3 is 1.93 bits per heavy atom. The molecular weight excluding hydrogens is 669 g/mol. The molecule has 0 aliphatic heterocycles. The van der Waals surface area contributed by atoms with Crippen LogP contribution in [0.25, 0.3) is 0 Å². The van der Waals surface area contributed by atoms with Gasteiger partial charge in [0.2, 0.25) is 5.76 Å². The fraction of sp³-hybridized carbons (Fsp3) is 0.0455. The van der Waals surface area contributed by atoms with Gasteiger partial charge in [-0.1, -0.05) is 16.1 Å². The molecule has 18 nitrogen and oxygen atoms in total. The van der Waals surface area contributed by atoms with Crippen molar-refractivity contribution in [3.05, 3.63) is 77.9 Å². The molecule has 3 heterocycles. The Bertz CT molecular complexity index is 1410. The van der Waals surface area contributed by atoms with Gasteiger partial charge in [-0.05, 0) is 48.5 Å². The molecule has 0 bridgehead atoms. The van der Waals surface area contributed by atoms with Crippen LogP contribution in [-0.2, 0) is 28.1 Å². The van der Waals surface area contributed by atoms with Crippen LogP contribution in [0.15, 0.2) is 89.2 Å². The van der Waals surface area contributed by atoms with Crippen molar-refractivity contribution in [2.45, 2.75) is 15.3 Å². The second-order valence-corrected chi connectivity index (χ2v) is 8.79. The molecule has 4 rings (SSSR count). The molecule has 0 fully saturated rings. The summed E-state index contributed by atoms with van der Waals surface area (Å²) in [6.45, 7) is 0. The number of carbonyl (C=O) groups is 3. The number of benzene rings is 1. The predicted molar refractivity (Wildman–Crippen MR) is 139 cm³/mol. The van der Waals surface area contributed by atoms with Crippen LogP contribution in [0.4, 0.5) is 5.69 Å². The van der Waals surface area contributed by atoms with E-state index in [0.717, 1.165) is 0 Å². The molecule has 0 aliphatic rings. The van der Waals surface area contributed by atoms with Crippen LogP contribution in [0.5, 0.6) is 5.75 Å². The van der Waals surface area contributed by atoms with Gasteiger partial charge in [0.05, 0.1) is 7.11 Å². The fourth-order valence-corrected chi connectivity index (χ4v) is 3.49. The van der Waals surface area contributed by atoms with Gasteiger partial charge >= 0.3 is 35.5 Å². The van der Waals surface area contributed by atoms with Crippen molar-refractivity contribution in [1.82, 2.24) is 0 Å². The summed E-state index contributed by atoms with van der Waals surface area (Å²) >= 11 is 1.78. The number of carboxylic acid groups (broad SMARTS) is 1. The van der Waals surface area contributed by atoms with Gasteiger partial charge in [-0.15, -0.1) is 8.67 Å². The van der Waals surface area contributed by atoms with Crippen molar-refractivity contribution >= 4 is 60.0 Å². The van der Waals surface area contributed by atoms with E-state index < -0.39 is 11.9 Å². The smallest absolute Gasteiger partial charge is 0.691 e. The number of hydrogen-bond donors (Lipinski definition) is 4. The molecular formula is C22H18NNaO17S3. The Kier molecular flexibility index (Phi) is 20.2. The molecule has 44 heavy (non-hydrogen) atoms. The van der Waals surface area contributed by atoms with Gasteiger partial charge in [0, 0.05) is 11.8 Å². The Balaban J connectivity index is 0.000000348. The number of nitrogens with one attached hydrogen (secondary N) is 1. The molecule has 4 aromatic rings. The topological polar surface area (TPSA) is 251 Å². The Morgan fingerprint density at radius 2 is 1.41 bits per heavy atom. The Morgan fingerprint density at radius 1 is 0.841 bits per heavy atom. The molecule has 3 aromatic heterocycles. The number of aldehydes is 1. The number of anilines is 1. The molecule has 4 N–H and O–H groups in total. The summed E-state index contributed by atoms with van der Waals surface area (Å²) < 4.78 is 31.8. The second-order valence-electron chi connectivity index (χ2n) is 6.67. The summed E-state index contributed by atoms with van der Waals surface area (Å²) in [5.41, 5.74) is 0.579. The first kappa shape index (κ1) is 39.2. The first-order valence-electron chi connectivity index (χ1n) is 10.7. The van der Waals surface area contributed by atoms with E-state index in [1.807, 2.05) is 0 Å². The van der Waals surface area contributed by atoms with Crippen LogP contribution in [0.2, 0.25) is 0 Å². The van der Waals surface area contributed by atoms with E-state index >= 15 is 0 Å². The minimum Gasteiger partial charge on any atom is -0.691 e. The molecule has 0 atom stereocenters. The van der Waals surface area contributed by atoms with E-state index in [1.54, 1.807) is 31.4 Å². The third-order valence-electron chi connectivity index (χ3n) is 4.08. The number of rotatable bonds is 14. The first-order valence-corrected chi connectivity index (χ1v) is 12.9. The molecule has 1 aromatic carbocycles. The molecule has 0 saturated carbocycles. The van der Waals surface area contributed by atoms with E-state index in [-0.39, 0.29) is 62.1 Å². The number of carboxylic acids is 1. The van der Waals surface area contributed by atoms with Crippen molar-refractivity contribution < 1.29 is 111 Å². The van der Waals surface area contributed by atoms with Gasteiger partial charge in [0.25, 0.3) is 5.91 Å². The molecule has 232 valence electrons. The van der Waals surface area contributed by atoms with E-state index in [0.29, 0.717) is 53.9 Å². The quantitative estimate of drug-likeness (QED) is 0.0484. The van der Waals surface area contributed by atoms with Crippen molar-refractivity contribution in [2.24, 2.45) is 0 Å². The fourth-order valence-electron chi connectivity index (χ4n) is 2.45. The second kappa shape index (κ2) is 22.6. The van der Waals surface area contributed by atoms with Crippen LogP contribution < -0.4 is 44.9 Å². The molecule has 1 amide bonds. The monoisotopic (exact) mass is 687 g/mol. The van der Waals surface area contributed by atoms with E-state index in [4.69, 9.17) is 33.6 Å². The number of amides is 1. The molecule has 0 saturated heterocycles. The zero-order valence-corrected chi connectivity index (χ0v) is 26.6. The van der Waals surface area contributed by atoms with Crippen LogP contribution in [0.3, 0.4) is 0 Å². The minimum absolute atomic E-state index is 0. The number of methoxy groups -OCH3 is 1. The van der Waals surface area contributed by atoms with Gasteiger partial charge in [-0.25, -0.2) is 15.3 Å². The number of aromatic carboxylic acids is 1. The number of ether oxygens (including phenoxy) is 1. The summed E-state index contributed by atoms with van der Waals surface area (Å²) in [6, 6.07) is 15.5. The number of furan rings is 3. The average Bonchev–Trinajstić information content (AvgIpc) is 3.80. The summed E-state index contributed by atoms with van der Waals surface area (Å²) in [4.78, 5) is 32.2. The molecule has 0 aliphatic carbocycles. The third-order valence-corrected chi connectivity index (χ3v) is 5.61. The summed E-state index contributed by atoms with van der Waals surface area (Å²) in [6.07, 6.45) is 0.544. The summed E-state index contributed by atoms with van der Waals surface area (Å²) in [7, 11) is 1.54. The normalized spacial score (nSPS) is 9.91. The summed E-state index contributed by atoms with van der Waals surface area (Å²) in [5.74, 6) is -0.910. The largest absolute Gasteiger partial charge is 1.00 e. The summed E-state index contributed by atoms with van der Waals surface area (Å²) in [5, 5.41) is 46.6. The van der Waals surface area contributed by atoms with E-state index in [2.05, 4.69) is 33.4 Å². The van der Waals surface area contributed by atoms with Gasteiger partial charge in [0.15, 0.2) is 33.1 Å². The maximum Gasteiger partial charge on any atom is 1.00 e. The molecule has 22 heteroatoms. The van der Waals surface area contributed by atoms with Crippen LogP contribution in [0.1, 0.15) is 31.7 Å². The van der Waals surface area contributed by atoms with Crippen molar-refractivity contribution in [3.63, 3.8) is 0 Å². The zero-order chi connectivity index (χ0) is 31.5. The predicted octanol–water partition coefficient (Wildman–Crippen LogP) is 1.70. The van der Waals surface area contributed by atoms with Gasteiger partial charge in [-0.2, -0.15) is 4.33 Å². The number of hydrogen-bond acceptors (Lipinski definition) is 19. The van der Waals surface area contributed by atoms with Crippen LogP contribution >= 0.6 is 36.1 Å². The Hall–Kier alpha value is -2.84. The van der Waals surface area contributed by atoms with E-state index in [1.165, 1.54) is 36.4 Å². The third kappa shape index (κ3) is 14.8. The zero-order valence-electron chi connectivity index (χ0n) is 22.1. The van der Waals surface area contributed by atoms with Crippen molar-refractivity contribution in [1.29, 1.82) is 0 Å². The first-order chi connectivity index (χ1) is 20.8. The van der Waals surface area contributed by atoms with Gasteiger partial charge in [0.1, 0.15) is 41.9 Å². The van der Waals surface area contributed by atoms with Crippen molar-refractivity contribution in [3.8, 4) is 5.75 Å². The minimum atomic E-state index is -1.17. The SMILES string of the molecule is COc1cccc(NC(=O)c2ccc(SOOO)o2)c1.O=C(O)c1ccc(SOOO)o1.O=Cc1ccc(SOO[O-])o1.[Na+]. The van der Waals surface area contributed by atoms with Crippen molar-refractivity contribution in [2.75, 3.05) is 12.4 Å². The molecule has 0 unspecified atom stereocenters. The molecule has 0 radical (unpaired) electrons.